The van der Waals surface area contributed by atoms with Crippen molar-refractivity contribution >= 4 is 5.91 Å². The number of benzene rings is 2. The smallest absolute Gasteiger partial charge is 0.291 e. The van der Waals surface area contributed by atoms with E-state index < -0.39 is 5.91 Å². The van der Waals surface area contributed by atoms with Crippen molar-refractivity contribution in [1.82, 2.24) is 20.1 Å². The van der Waals surface area contributed by atoms with Crippen LogP contribution in [0.1, 0.15) is 22.2 Å². The molecule has 2 aromatic heterocycles. The lowest BCUT2D eigenvalue weighted by Crippen LogP contribution is -2.24. The number of amides is 1. The third-order valence-electron chi connectivity index (χ3n) is 4.19. The highest BCUT2D eigenvalue weighted by Crippen LogP contribution is 2.21. The van der Waals surface area contributed by atoms with Gasteiger partial charge in [0.15, 0.2) is 0 Å². The predicted molar refractivity (Wildman–Crippen MR) is 101 cm³/mol. The molecule has 0 atom stereocenters. The Morgan fingerprint density at radius 3 is 2.57 bits per heavy atom. The third-order valence-corrected chi connectivity index (χ3v) is 4.19. The van der Waals surface area contributed by atoms with E-state index >= 15 is 0 Å². The Balaban J connectivity index is 1.44. The maximum absolute atomic E-state index is 13.1. The zero-order chi connectivity index (χ0) is 19.5. The molecule has 2 aromatic carbocycles. The third kappa shape index (κ3) is 3.68. The molecular weight excluding hydrogens is 359 g/mol. The fourth-order valence-corrected chi connectivity index (χ4v) is 2.79. The summed E-state index contributed by atoms with van der Waals surface area (Å²) in [5.74, 6) is 1.17. The summed E-state index contributed by atoms with van der Waals surface area (Å²) in [6.45, 7) is 1.95. The van der Waals surface area contributed by atoms with E-state index in [9.17, 15) is 9.18 Å². The molecule has 0 fully saturated rings. The minimum absolute atomic E-state index is 0.0386. The van der Waals surface area contributed by atoms with E-state index in [-0.39, 0.29) is 18.2 Å². The zero-order valence-corrected chi connectivity index (χ0v) is 15.1. The Morgan fingerprint density at radius 2 is 1.82 bits per heavy atom. The van der Waals surface area contributed by atoms with Crippen molar-refractivity contribution in [1.29, 1.82) is 0 Å². The predicted octanol–water partition coefficient (Wildman–Crippen LogP) is 3.90. The number of nitrogens with one attached hydrogen (secondary N) is 1. The quantitative estimate of drug-likeness (QED) is 0.573. The lowest BCUT2D eigenvalue weighted by molar-refractivity contribution is 0.0937. The van der Waals surface area contributed by atoms with Crippen LogP contribution in [0.5, 0.6) is 0 Å². The number of furan rings is 1. The summed E-state index contributed by atoms with van der Waals surface area (Å²) in [5.41, 5.74) is 1.60. The Kier molecular flexibility index (Phi) is 4.72. The van der Waals surface area contributed by atoms with Gasteiger partial charge >= 0.3 is 0 Å². The van der Waals surface area contributed by atoms with Gasteiger partial charge in [0.2, 0.25) is 5.82 Å². The second kappa shape index (κ2) is 7.48. The van der Waals surface area contributed by atoms with Gasteiger partial charge in [-0.05, 0) is 43.3 Å². The molecule has 0 saturated heterocycles. The maximum atomic E-state index is 13.1. The number of rotatable bonds is 5. The first-order valence-corrected chi connectivity index (χ1v) is 8.72. The molecule has 0 aliphatic rings. The average Bonchev–Trinajstić information content (AvgIpc) is 3.34. The molecule has 28 heavy (non-hydrogen) atoms. The van der Waals surface area contributed by atoms with Crippen LogP contribution in [-0.2, 0) is 6.54 Å². The van der Waals surface area contributed by atoms with Crippen LogP contribution in [0, 0.1) is 12.7 Å². The molecular formula is C21H17FN4O2. The van der Waals surface area contributed by atoms with Crippen molar-refractivity contribution in [2.24, 2.45) is 0 Å². The number of halogens is 1. The molecule has 0 radical (unpaired) electrons. The van der Waals surface area contributed by atoms with E-state index in [0.29, 0.717) is 17.3 Å². The largest absolute Gasteiger partial charge is 0.459 e. The first-order chi connectivity index (χ1) is 13.6. The molecule has 1 N–H and O–H groups in total. The number of aryl methyl sites for hydroxylation is 1. The summed E-state index contributed by atoms with van der Waals surface area (Å²) < 4.78 is 20.4. The van der Waals surface area contributed by atoms with Gasteiger partial charge in [-0.25, -0.2) is 14.1 Å². The van der Waals surface area contributed by atoms with Crippen molar-refractivity contribution in [3.05, 3.63) is 90.0 Å². The highest BCUT2D eigenvalue weighted by Gasteiger charge is 2.16. The summed E-state index contributed by atoms with van der Waals surface area (Å²) in [6.07, 6.45) is 0. The number of nitrogens with zero attached hydrogens (tertiary/aromatic N) is 3. The molecule has 4 aromatic rings. The van der Waals surface area contributed by atoms with Gasteiger partial charge in [-0.2, -0.15) is 0 Å². The first-order valence-electron chi connectivity index (χ1n) is 8.72. The number of hydrogen-bond acceptors (Lipinski definition) is 4. The average molecular weight is 376 g/mol. The maximum Gasteiger partial charge on any atom is 0.291 e. The van der Waals surface area contributed by atoms with Crippen molar-refractivity contribution in [3.8, 4) is 17.0 Å². The molecule has 140 valence electrons. The highest BCUT2D eigenvalue weighted by atomic mass is 19.1. The number of carbonyl (C=O) groups excluding carboxylic acids is 1. The van der Waals surface area contributed by atoms with Crippen molar-refractivity contribution in [3.63, 3.8) is 0 Å². The SMILES string of the molecule is Cc1nc(C(=O)NCc2ccc(-c3ccccc3)o2)nn1-c1ccc(F)cc1. The fraction of sp³-hybridized carbons (Fsp3) is 0.0952. The molecule has 6 nitrogen and oxygen atoms in total. The minimum Gasteiger partial charge on any atom is -0.459 e. The van der Waals surface area contributed by atoms with Gasteiger partial charge in [-0.3, -0.25) is 4.79 Å². The monoisotopic (exact) mass is 376 g/mol. The van der Waals surface area contributed by atoms with Crippen molar-refractivity contribution < 1.29 is 13.6 Å². The van der Waals surface area contributed by atoms with E-state index in [2.05, 4.69) is 15.4 Å². The van der Waals surface area contributed by atoms with E-state index in [1.54, 1.807) is 19.1 Å². The standard InChI is InChI=1S/C21H17FN4O2/c1-14-24-20(25-26(14)17-9-7-16(22)8-10-17)21(27)23-13-18-11-12-19(28-18)15-5-3-2-4-6-15/h2-12H,13H2,1H3,(H,23,27). The van der Waals surface area contributed by atoms with E-state index in [1.807, 2.05) is 42.5 Å². The number of aromatic nitrogens is 3. The fourth-order valence-electron chi connectivity index (χ4n) is 2.79. The van der Waals surface area contributed by atoms with Crippen LogP contribution in [0.15, 0.2) is 71.1 Å². The first kappa shape index (κ1) is 17.7. The minimum atomic E-state index is -0.415. The van der Waals surface area contributed by atoms with Crippen LogP contribution in [0.3, 0.4) is 0 Å². The van der Waals surface area contributed by atoms with Gasteiger partial charge in [-0.1, -0.05) is 30.3 Å². The van der Waals surface area contributed by atoms with E-state index in [1.165, 1.54) is 16.8 Å². The van der Waals surface area contributed by atoms with Gasteiger partial charge in [-0.15, -0.1) is 5.10 Å². The van der Waals surface area contributed by atoms with Gasteiger partial charge < -0.3 is 9.73 Å². The Morgan fingerprint density at radius 1 is 1.07 bits per heavy atom. The molecule has 2 heterocycles. The van der Waals surface area contributed by atoms with Crippen LogP contribution in [-0.4, -0.2) is 20.7 Å². The van der Waals surface area contributed by atoms with Gasteiger partial charge in [0.25, 0.3) is 5.91 Å². The van der Waals surface area contributed by atoms with E-state index in [4.69, 9.17) is 4.42 Å². The topological polar surface area (TPSA) is 73.0 Å². The molecule has 0 saturated carbocycles. The molecule has 1 amide bonds. The second-order valence-electron chi connectivity index (χ2n) is 6.19. The second-order valence-corrected chi connectivity index (χ2v) is 6.19. The van der Waals surface area contributed by atoms with Crippen LogP contribution in [0.4, 0.5) is 4.39 Å². The molecule has 0 aliphatic heterocycles. The Bertz CT molecular complexity index is 1100. The molecule has 0 aliphatic carbocycles. The summed E-state index contributed by atoms with van der Waals surface area (Å²) in [6, 6.07) is 19.2. The van der Waals surface area contributed by atoms with Crippen molar-refractivity contribution in [2.45, 2.75) is 13.5 Å². The summed E-state index contributed by atoms with van der Waals surface area (Å²) in [5, 5.41) is 6.97. The summed E-state index contributed by atoms with van der Waals surface area (Å²) in [7, 11) is 0. The number of hydrogen-bond donors (Lipinski definition) is 1. The van der Waals surface area contributed by atoms with Crippen LogP contribution < -0.4 is 5.32 Å². The van der Waals surface area contributed by atoms with Crippen molar-refractivity contribution in [2.75, 3.05) is 0 Å². The van der Waals surface area contributed by atoms with Gasteiger partial charge in [0.1, 0.15) is 23.2 Å². The molecule has 7 heteroatoms. The molecule has 0 spiro atoms. The van der Waals surface area contributed by atoms with E-state index in [0.717, 1.165) is 11.3 Å². The number of carbonyl (C=O) groups is 1. The highest BCUT2D eigenvalue weighted by molar-refractivity contribution is 5.90. The molecule has 4 rings (SSSR count). The lowest BCUT2D eigenvalue weighted by atomic mass is 10.2. The van der Waals surface area contributed by atoms with Crippen LogP contribution >= 0.6 is 0 Å². The molecule has 0 unspecified atom stereocenters. The Labute approximate surface area is 160 Å². The molecule has 0 bridgehead atoms. The summed E-state index contributed by atoms with van der Waals surface area (Å²) >= 11 is 0. The summed E-state index contributed by atoms with van der Waals surface area (Å²) in [4.78, 5) is 16.6. The van der Waals surface area contributed by atoms with Crippen LogP contribution in [0.25, 0.3) is 17.0 Å². The Hall–Kier alpha value is -3.74. The zero-order valence-electron chi connectivity index (χ0n) is 15.1. The van der Waals surface area contributed by atoms with Gasteiger partial charge in [0.05, 0.1) is 12.2 Å². The lowest BCUT2D eigenvalue weighted by Gasteiger charge is -2.02. The van der Waals surface area contributed by atoms with Crippen LogP contribution in [0.2, 0.25) is 0 Å². The van der Waals surface area contributed by atoms with Gasteiger partial charge in [0, 0.05) is 5.56 Å². The normalized spacial score (nSPS) is 10.8.